The summed E-state index contributed by atoms with van der Waals surface area (Å²) < 4.78 is 35.8. The molecule has 1 amide bonds. The van der Waals surface area contributed by atoms with Gasteiger partial charge in [0.15, 0.2) is 21.3 Å². The molecule has 1 N–H and O–H groups in total. The van der Waals surface area contributed by atoms with Crippen LogP contribution >= 0.6 is 0 Å². The molecule has 0 spiro atoms. The van der Waals surface area contributed by atoms with Crippen molar-refractivity contribution in [3.05, 3.63) is 53.6 Å². The van der Waals surface area contributed by atoms with Crippen molar-refractivity contribution in [1.29, 1.82) is 0 Å². The topological polar surface area (TPSA) is 81.7 Å². The Hall–Kier alpha value is -2.54. The van der Waals surface area contributed by atoms with E-state index in [0.29, 0.717) is 24.0 Å². The van der Waals surface area contributed by atoms with Crippen LogP contribution in [0.5, 0.6) is 11.5 Å². The maximum absolute atomic E-state index is 12.8. The number of ether oxygens (including phenoxy) is 2. The zero-order valence-corrected chi connectivity index (χ0v) is 18.4. The van der Waals surface area contributed by atoms with Crippen LogP contribution in [-0.2, 0) is 9.84 Å². The quantitative estimate of drug-likeness (QED) is 0.664. The van der Waals surface area contributed by atoms with Crippen LogP contribution in [0.3, 0.4) is 0 Å². The van der Waals surface area contributed by atoms with Gasteiger partial charge in [-0.15, -0.1) is 0 Å². The smallest absolute Gasteiger partial charge is 0.253 e. The Morgan fingerprint density at radius 1 is 1.07 bits per heavy atom. The number of hydrogen-bond donors (Lipinski definition) is 1. The maximum atomic E-state index is 12.8. The molecule has 1 atom stereocenters. The molecule has 2 aromatic carbocycles. The number of amides is 1. The number of benzene rings is 2. The molecule has 0 heterocycles. The van der Waals surface area contributed by atoms with E-state index in [1.54, 1.807) is 26.2 Å². The fraction of sp³-hybridized carbons (Fsp3) is 0.409. The lowest BCUT2D eigenvalue weighted by Crippen LogP contribution is -2.28. The fourth-order valence-electron chi connectivity index (χ4n) is 2.77. The number of carbonyl (C=O) groups is 1. The number of sulfone groups is 1. The van der Waals surface area contributed by atoms with Crippen molar-refractivity contribution in [1.82, 2.24) is 5.32 Å². The Morgan fingerprint density at radius 2 is 1.76 bits per heavy atom. The van der Waals surface area contributed by atoms with Crippen molar-refractivity contribution in [3.8, 4) is 11.5 Å². The first-order valence-corrected chi connectivity index (χ1v) is 11.3. The lowest BCUT2D eigenvalue weighted by molar-refractivity contribution is 0.0936. The van der Waals surface area contributed by atoms with Gasteiger partial charge in [0.1, 0.15) is 0 Å². The molecular formula is C22H29NO5S. The van der Waals surface area contributed by atoms with Crippen molar-refractivity contribution >= 4 is 15.7 Å². The maximum Gasteiger partial charge on any atom is 0.253 e. The van der Waals surface area contributed by atoms with Crippen molar-refractivity contribution in [3.63, 3.8) is 0 Å². The van der Waals surface area contributed by atoms with Gasteiger partial charge in [0.25, 0.3) is 5.91 Å². The van der Waals surface area contributed by atoms with Crippen LogP contribution < -0.4 is 14.8 Å². The van der Waals surface area contributed by atoms with E-state index in [2.05, 4.69) is 19.2 Å². The van der Waals surface area contributed by atoms with E-state index in [1.165, 1.54) is 12.1 Å². The molecule has 7 heteroatoms. The highest BCUT2D eigenvalue weighted by Gasteiger charge is 2.22. The zero-order chi connectivity index (χ0) is 21.6. The number of carbonyl (C=O) groups excluding carboxylic acids is 1. The van der Waals surface area contributed by atoms with E-state index < -0.39 is 15.7 Å². The normalized spacial score (nSPS) is 12.5. The molecule has 0 fully saturated rings. The second kappa shape index (κ2) is 9.78. The van der Waals surface area contributed by atoms with Gasteiger partial charge in [0.05, 0.1) is 36.0 Å². The number of rotatable bonds is 9. The predicted molar refractivity (Wildman–Crippen MR) is 113 cm³/mol. The molecule has 0 radical (unpaired) electrons. The van der Waals surface area contributed by atoms with Gasteiger partial charge in [-0.3, -0.25) is 4.79 Å². The Kier molecular flexibility index (Phi) is 7.67. The fourth-order valence-corrected chi connectivity index (χ4v) is 3.86. The summed E-state index contributed by atoms with van der Waals surface area (Å²) in [7, 11) is -1.94. The van der Waals surface area contributed by atoms with Crippen LogP contribution in [0.15, 0.2) is 47.4 Å². The average molecular weight is 420 g/mol. The summed E-state index contributed by atoms with van der Waals surface area (Å²) in [6.45, 7) is 8.09. The van der Waals surface area contributed by atoms with E-state index in [4.69, 9.17) is 9.47 Å². The highest BCUT2D eigenvalue weighted by atomic mass is 32.2. The Balaban J connectivity index is 2.23. The number of nitrogens with one attached hydrogen (secondary N) is 1. The second-order valence-electron chi connectivity index (χ2n) is 7.21. The van der Waals surface area contributed by atoms with Gasteiger partial charge in [-0.2, -0.15) is 0 Å². The second-order valence-corrected chi connectivity index (χ2v) is 9.46. The van der Waals surface area contributed by atoms with E-state index >= 15 is 0 Å². The first-order chi connectivity index (χ1) is 13.7. The third-order valence-electron chi connectivity index (χ3n) is 4.45. The third-order valence-corrected chi connectivity index (χ3v) is 6.24. The van der Waals surface area contributed by atoms with E-state index in [1.807, 2.05) is 25.1 Å². The van der Waals surface area contributed by atoms with Crippen LogP contribution in [0.25, 0.3) is 0 Å². The number of methoxy groups -OCH3 is 1. The molecule has 0 aliphatic heterocycles. The molecule has 2 rings (SSSR count). The van der Waals surface area contributed by atoms with Crippen LogP contribution in [-0.4, -0.2) is 33.8 Å². The van der Waals surface area contributed by atoms with Gasteiger partial charge in [-0.1, -0.05) is 39.0 Å². The Bertz CT molecular complexity index is 953. The first-order valence-electron chi connectivity index (χ1n) is 9.63. The minimum absolute atomic E-state index is 0.0437. The molecule has 29 heavy (non-hydrogen) atoms. The van der Waals surface area contributed by atoms with Crippen molar-refractivity contribution in [2.24, 2.45) is 5.92 Å². The molecule has 6 nitrogen and oxygen atoms in total. The summed E-state index contributed by atoms with van der Waals surface area (Å²) in [4.78, 5) is 12.8. The van der Waals surface area contributed by atoms with Crippen LogP contribution in [0.1, 0.15) is 49.7 Å². The first kappa shape index (κ1) is 22.7. The molecule has 0 aliphatic rings. The summed E-state index contributed by atoms with van der Waals surface area (Å²) in [5.74, 6) is 1.10. The van der Waals surface area contributed by atoms with Crippen LogP contribution in [0, 0.1) is 5.92 Å². The predicted octanol–water partition coefficient (Wildman–Crippen LogP) is 4.01. The molecular weight excluding hydrogens is 390 g/mol. The summed E-state index contributed by atoms with van der Waals surface area (Å²) in [6, 6.07) is 11.4. The van der Waals surface area contributed by atoms with Crippen LogP contribution in [0.2, 0.25) is 0 Å². The van der Waals surface area contributed by atoms with Gasteiger partial charge >= 0.3 is 0 Å². The third kappa shape index (κ3) is 5.73. The molecule has 158 valence electrons. The summed E-state index contributed by atoms with van der Waals surface area (Å²) in [5.41, 5.74) is 0.966. The molecule has 0 aromatic heterocycles. The highest BCUT2D eigenvalue weighted by Crippen LogP contribution is 2.31. The average Bonchev–Trinajstić information content (AvgIpc) is 2.71. The van der Waals surface area contributed by atoms with Gasteiger partial charge < -0.3 is 14.8 Å². The van der Waals surface area contributed by atoms with Crippen molar-refractivity contribution in [2.75, 3.05) is 19.5 Å². The Morgan fingerprint density at radius 3 is 2.38 bits per heavy atom. The van der Waals surface area contributed by atoms with Gasteiger partial charge in [-0.05, 0) is 42.7 Å². The van der Waals surface area contributed by atoms with E-state index in [9.17, 15) is 13.2 Å². The molecule has 0 saturated heterocycles. The molecule has 0 saturated carbocycles. The lowest BCUT2D eigenvalue weighted by atomic mass is 10.1. The van der Waals surface area contributed by atoms with Crippen molar-refractivity contribution < 1.29 is 22.7 Å². The minimum Gasteiger partial charge on any atom is -0.493 e. The largest absolute Gasteiger partial charge is 0.493 e. The SMILES string of the molecule is CCS(=O)(=O)c1ccccc1C(=O)N[C@@H](C)c1ccc(OCC(C)C)c(OC)c1. The lowest BCUT2D eigenvalue weighted by Gasteiger charge is -2.18. The van der Waals surface area contributed by atoms with E-state index in [0.717, 1.165) is 5.56 Å². The Labute approximate surface area is 173 Å². The minimum atomic E-state index is -3.50. The van der Waals surface area contributed by atoms with Crippen LogP contribution in [0.4, 0.5) is 0 Å². The van der Waals surface area contributed by atoms with Gasteiger partial charge in [0, 0.05) is 0 Å². The summed E-state index contributed by atoms with van der Waals surface area (Å²) in [5, 5.41) is 2.87. The summed E-state index contributed by atoms with van der Waals surface area (Å²) in [6.07, 6.45) is 0. The number of hydrogen-bond acceptors (Lipinski definition) is 5. The van der Waals surface area contributed by atoms with Gasteiger partial charge in [-0.25, -0.2) is 8.42 Å². The monoisotopic (exact) mass is 419 g/mol. The zero-order valence-electron chi connectivity index (χ0n) is 17.6. The van der Waals surface area contributed by atoms with Gasteiger partial charge in [0.2, 0.25) is 0 Å². The molecule has 0 unspecified atom stereocenters. The molecule has 0 aliphatic carbocycles. The van der Waals surface area contributed by atoms with Crippen molar-refractivity contribution in [2.45, 2.75) is 38.6 Å². The standard InChI is InChI=1S/C22H29NO5S/c1-6-29(25,26)21-10-8-7-9-18(21)22(24)23-16(4)17-11-12-19(20(13-17)27-5)28-14-15(2)3/h7-13,15-16H,6,14H2,1-5H3,(H,23,24)/t16-/m0/s1. The summed E-state index contributed by atoms with van der Waals surface area (Å²) >= 11 is 0. The van der Waals surface area contributed by atoms with E-state index in [-0.39, 0.29) is 22.3 Å². The molecule has 0 bridgehead atoms. The highest BCUT2D eigenvalue weighted by molar-refractivity contribution is 7.91. The molecule has 2 aromatic rings.